The van der Waals surface area contributed by atoms with E-state index in [1.807, 2.05) is 37.3 Å². The number of nitrogens with zero attached hydrogens (tertiary/aromatic N) is 1. The summed E-state index contributed by atoms with van der Waals surface area (Å²) in [4.78, 5) is 26.7. The number of halogens is 1. The van der Waals surface area contributed by atoms with E-state index in [1.54, 1.807) is 43.3 Å². The number of hydrogen-bond donors (Lipinski definition) is 1. The lowest BCUT2D eigenvalue weighted by Gasteiger charge is -2.21. The molecule has 0 radical (unpaired) electrons. The molecule has 0 aliphatic heterocycles. The zero-order valence-corrected chi connectivity index (χ0v) is 17.4. The van der Waals surface area contributed by atoms with E-state index in [0.717, 1.165) is 12.0 Å². The molecule has 0 saturated heterocycles. The molecule has 0 aliphatic carbocycles. The van der Waals surface area contributed by atoms with Crippen molar-refractivity contribution in [2.45, 2.75) is 26.3 Å². The fraction of sp³-hybridized carbons (Fsp3) is 0.154. The zero-order valence-electron chi connectivity index (χ0n) is 17.4. The first kappa shape index (κ1) is 20.5. The van der Waals surface area contributed by atoms with Crippen molar-refractivity contribution in [2.24, 2.45) is 0 Å². The number of pyridine rings is 1. The van der Waals surface area contributed by atoms with E-state index in [1.165, 1.54) is 16.7 Å². The van der Waals surface area contributed by atoms with Gasteiger partial charge >= 0.3 is 0 Å². The van der Waals surface area contributed by atoms with E-state index >= 15 is 0 Å². The molecule has 1 amide bonds. The van der Waals surface area contributed by atoms with E-state index in [-0.39, 0.29) is 17.5 Å². The van der Waals surface area contributed by atoms with E-state index in [0.29, 0.717) is 27.7 Å². The number of aromatic nitrogens is 1. The molecule has 0 fully saturated rings. The molecule has 3 aromatic carbocycles. The molecule has 1 atom stereocenters. The van der Waals surface area contributed by atoms with Gasteiger partial charge < -0.3 is 5.32 Å². The first-order valence-electron chi connectivity index (χ1n) is 10.3. The third kappa shape index (κ3) is 3.87. The number of hydrogen-bond acceptors (Lipinski definition) is 2. The van der Waals surface area contributed by atoms with Crippen molar-refractivity contribution >= 4 is 16.7 Å². The highest BCUT2D eigenvalue weighted by molar-refractivity contribution is 6.08. The quantitative estimate of drug-likeness (QED) is 0.481. The van der Waals surface area contributed by atoms with Gasteiger partial charge in [0.2, 0.25) is 0 Å². The summed E-state index contributed by atoms with van der Waals surface area (Å²) in [5.41, 5.74) is 1.99. The van der Waals surface area contributed by atoms with Crippen molar-refractivity contribution in [1.29, 1.82) is 0 Å². The predicted octanol–water partition coefficient (Wildman–Crippen LogP) is 5.32. The summed E-state index contributed by atoms with van der Waals surface area (Å²) >= 11 is 0. The van der Waals surface area contributed by atoms with Crippen molar-refractivity contribution in [3.8, 4) is 5.69 Å². The van der Waals surface area contributed by atoms with Crippen LogP contribution < -0.4 is 10.9 Å². The average molecular weight is 414 g/mol. The maximum atomic E-state index is 13.9. The normalized spacial score (nSPS) is 12.0. The highest BCUT2D eigenvalue weighted by atomic mass is 19.1. The second-order valence-corrected chi connectivity index (χ2v) is 7.47. The third-order valence-electron chi connectivity index (χ3n) is 5.54. The second kappa shape index (κ2) is 8.56. The SMILES string of the molecule is CC[C@H](NC(=O)c1c(C)n(-c2cccc(F)c2)c(=O)c2ccccc12)c1ccccc1. The Morgan fingerprint density at radius 1 is 0.968 bits per heavy atom. The van der Waals surface area contributed by atoms with Gasteiger partial charge in [-0.25, -0.2) is 4.39 Å². The van der Waals surface area contributed by atoms with Gasteiger partial charge in [0, 0.05) is 16.5 Å². The van der Waals surface area contributed by atoms with Gasteiger partial charge in [-0.3, -0.25) is 14.2 Å². The maximum absolute atomic E-state index is 13.9. The van der Waals surface area contributed by atoms with Crippen LogP contribution in [0.15, 0.2) is 83.7 Å². The number of amides is 1. The van der Waals surface area contributed by atoms with Gasteiger partial charge in [-0.1, -0.05) is 61.5 Å². The molecule has 4 rings (SSSR count). The van der Waals surface area contributed by atoms with Crippen LogP contribution in [-0.4, -0.2) is 10.5 Å². The van der Waals surface area contributed by atoms with Crippen LogP contribution in [0.3, 0.4) is 0 Å². The van der Waals surface area contributed by atoms with Crippen molar-refractivity contribution < 1.29 is 9.18 Å². The second-order valence-electron chi connectivity index (χ2n) is 7.47. The Hall–Kier alpha value is -3.73. The fourth-order valence-corrected chi connectivity index (χ4v) is 4.02. The van der Waals surface area contributed by atoms with Crippen molar-refractivity contribution in [1.82, 2.24) is 9.88 Å². The first-order valence-corrected chi connectivity index (χ1v) is 10.3. The molecule has 1 N–H and O–H groups in total. The van der Waals surface area contributed by atoms with E-state index in [9.17, 15) is 14.0 Å². The molecule has 0 unspecified atom stereocenters. The molecule has 5 heteroatoms. The van der Waals surface area contributed by atoms with Crippen molar-refractivity contribution in [2.75, 3.05) is 0 Å². The molecule has 4 aromatic rings. The van der Waals surface area contributed by atoms with Crippen LogP contribution in [0.2, 0.25) is 0 Å². The first-order chi connectivity index (χ1) is 15.0. The van der Waals surface area contributed by atoms with Gasteiger partial charge in [0.05, 0.1) is 17.3 Å². The zero-order chi connectivity index (χ0) is 22.0. The summed E-state index contributed by atoms with van der Waals surface area (Å²) in [5.74, 6) is -0.715. The largest absolute Gasteiger partial charge is 0.345 e. The monoisotopic (exact) mass is 414 g/mol. The molecule has 0 spiro atoms. The molecule has 0 aliphatic rings. The summed E-state index contributed by atoms with van der Waals surface area (Å²) in [6, 6.07) is 22.5. The number of benzene rings is 3. The van der Waals surface area contributed by atoms with Crippen LogP contribution in [-0.2, 0) is 0 Å². The number of fused-ring (bicyclic) bond motifs is 1. The molecular weight excluding hydrogens is 391 g/mol. The van der Waals surface area contributed by atoms with E-state index in [2.05, 4.69) is 5.32 Å². The molecule has 4 nitrogen and oxygen atoms in total. The standard InChI is InChI=1S/C26H23FN2O2/c1-3-23(18-10-5-4-6-11-18)28-25(30)24-17(2)29(20-13-9-12-19(27)16-20)26(31)22-15-8-7-14-21(22)24/h4-16,23H,3H2,1-2H3,(H,28,30)/t23-/m0/s1. The fourth-order valence-electron chi connectivity index (χ4n) is 4.02. The average Bonchev–Trinajstić information content (AvgIpc) is 2.78. The summed E-state index contributed by atoms with van der Waals surface area (Å²) in [6.07, 6.45) is 0.719. The number of carbonyl (C=O) groups excluding carboxylic acids is 1. The lowest BCUT2D eigenvalue weighted by atomic mass is 10.0. The van der Waals surface area contributed by atoms with Gasteiger partial charge in [0.15, 0.2) is 0 Å². The molecular formula is C26H23FN2O2. The predicted molar refractivity (Wildman–Crippen MR) is 121 cm³/mol. The Kier molecular flexibility index (Phi) is 5.67. The lowest BCUT2D eigenvalue weighted by molar-refractivity contribution is 0.0936. The topological polar surface area (TPSA) is 51.1 Å². The lowest BCUT2D eigenvalue weighted by Crippen LogP contribution is -2.32. The van der Waals surface area contributed by atoms with E-state index < -0.39 is 5.82 Å². The van der Waals surface area contributed by atoms with Crippen LogP contribution in [0, 0.1) is 12.7 Å². The van der Waals surface area contributed by atoms with Crippen molar-refractivity contribution in [3.63, 3.8) is 0 Å². The maximum Gasteiger partial charge on any atom is 0.263 e. The number of rotatable bonds is 5. The Balaban J connectivity index is 1.89. The Morgan fingerprint density at radius 3 is 2.32 bits per heavy atom. The van der Waals surface area contributed by atoms with Gasteiger partial charge in [0.25, 0.3) is 11.5 Å². The Labute approximate surface area is 180 Å². The molecule has 31 heavy (non-hydrogen) atoms. The molecule has 156 valence electrons. The minimum Gasteiger partial charge on any atom is -0.345 e. The summed E-state index contributed by atoms with van der Waals surface area (Å²) in [5, 5.41) is 4.11. The summed E-state index contributed by atoms with van der Waals surface area (Å²) < 4.78 is 15.3. The van der Waals surface area contributed by atoms with Crippen molar-refractivity contribution in [3.05, 3.63) is 112 Å². The Morgan fingerprint density at radius 2 is 1.65 bits per heavy atom. The molecule has 0 bridgehead atoms. The van der Waals surface area contributed by atoms with Gasteiger partial charge in [-0.15, -0.1) is 0 Å². The van der Waals surface area contributed by atoms with Gasteiger partial charge in [-0.05, 0) is 43.2 Å². The van der Waals surface area contributed by atoms with Gasteiger partial charge in [-0.2, -0.15) is 0 Å². The Bertz CT molecular complexity index is 1310. The van der Waals surface area contributed by atoms with Gasteiger partial charge in [0.1, 0.15) is 5.82 Å². The van der Waals surface area contributed by atoms with E-state index in [4.69, 9.17) is 0 Å². The molecule has 1 aromatic heterocycles. The van der Waals surface area contributed by atoms with Crippen LogP contribution in [0.5, 0.6) is 0 Å². The highest BCUT2D eigenvalue weighted by Crippen LogP contribution is 2.24. The highest BCUT2D eigenvalue weighted by Gasteiger charge is 2.22. The smallest absolute Gasteiger partial charge is 0.263 e. The minimum absolute atomic E-state index is 0.165. The third-order valence-corrected chi connectivity index (χ3v) is 5.54. The minimum atomic E-state index is -0.446. The van der Waals surface area contributed by atoms with Crippen LogP contribution in [0.4, 0.5) is 4.39 Å². The summed E-state index contributed by atoms with van der Waals surface area (Å²) in [6.45, 7) is 3.73. The van der Waals surface area contributed by atoms with Crippen LogP contribution in [0.25, 0.3) is 16.5 Å². The molecule has 1 heterocycles. The number of carbonyl (C=O) groups is 1. The van der Waals surface area contributed by atoms with Crippen LogP contribution in [0.1, 0.15) is 41.0 Å². The van der Waals surface area contributed by atoms with Crippen LogP contribution >= 0.6 is 0 Å². The summed E-state index contributed by atoms with van der Waals surface area (Å²) in [7, 11) is 0. The molecule has 0 saturated carbocycles. The number of nitrogens with one attached hydrogen (secondary N) is 1.